The molecule has 0 amide bonds. The molecule has 0 saturated carbocycles. The normalized spacial score (nSPS) is 22.0. The van der Waals surface area contributed by atoms with E-state index in [-0.39, 0.29) is 18.5 Å². The largest absolute Gasteiger partial charge is 0.411 e. The summed E-state index contributed by atoms with van der Waals surface area (Å²) in [7, 11) is 0. The molecule has 1 aromatic carbocycles. The summed E-state index contributed by atoms with van der Waals surface area (Å²) in [4.78, 5) is 14.6. The van der Waals surface area contributed by atoms with Crippen LogP contribution in [-0.4, -0.2) is 80.7 Å². The van der Waals surface area contributed by atoms with Crippen LogP contribution >= 0.6 is 11.6 Å². The second kappa shape index (κ2) is 7.78. The van der Waals surface area contributed by atoms with Crippen molar-refractivity contribution in [2.75, 3.05) is 49.2 Å². The lowest BCUT2D eigenvalue weighted by molar-refractivity contribution is -0.310. The first-order valence-electron chi connectivity index (χ1n) is 12.1. The number of hydrogen-bond acceptors (Lipinski definition) is 8. The molecule has 3 saturated heterocycles. The molecular formula is C24H24ClF3N8O. The van der Waals surface area contributed by atoms with Gasteiger partial charge in [-0.1, -0.05) is 11.6 Å². The Labute approximate surface area is 215 Å². The van der Waals surface area contributed by atoms with Crippen LogP contribution in [0.2, 0.25) is 5.02 Å². The Balaban J connectivity index is 1.17. The predicted octanol–water partition coefficient (Wildman–Crippen LogP) is 2.99. The number of hydrogen-bond donors (Lipinski definition) is 0. The third-order valence-corrected chi connectivity index (χ3v) is 8.19. The fraction of sp³-hybridized carbons (Fsp3) is 0.500. The van der Waals surface area contributed by atoms with Crippen molar-refractivity contribution in [1.82, 2.24) is 29.6 Å². The molecule has 0 unspecified atom stereocenters. The van der Waals surface area contributed by atoms with Crippen LogP contribution in [0.1, 0.15) is 17.1 Å². The van der Waals surface area contributed by atoms with Crippen LogP contribution in [0.15, 0.2) is 30.5 Å². The predicted molar refractivity (Wildman–Crippen MR) is 129 cm³/mol. The van der Waals surface area contributed by atoms with E-state index in [1.165, 1.54) is 4.90 Å². The fourth-order valence-corrected chi connectivity index (χ4v) is 6.11. The van der Waals surface area contributed by atoms with Gasteiger partial charge in [0.05, 0.1) is 25.4 Å². The highest BCUT2D eigenvalue weighted by Gasteiger charge is 2.64. The zero-order chi connectivity index (χ0) is 25.6. The van der Waals surface area contributed by atoms with Crippen molar-refractivity contribution in [3.05, 3.63) is 52.6 Å². The summed E-state index contributed by atoms with van der Waals surface area (Å²) in [6.45, 7) is 4.48. The molecule has 194 valence electrons. The topological polar surface area (TPSA) is 75.4 Å². The average Bonchev–Trinajstić information content (AvgIpc) is 3.06. The number of anilines is 2. The van der Waals surface area contributed by atoms with E-state index in [9.17, 15) is 13.2 Å². The van der Waals surface area contributed by atoms with E-state index < -0.39 is 24.9 Å². The van der Waals surface area contributed by atoms with Gasteiger partial charge in [-0.05, 0) is 36.8 Å². The average molecular weight is 533 g/mol. The van der Waals surface area contributed by atoms with Gasteiger partial charge in [-0.2, -0.15) is 13.2 Å². The Morgan fingerprint density at radius 3 is 2.43 bits per heavy atom. The summed E-state index contributed by atoms with van der Waals surface area (Å²) in [6.07, 6.45) is -2.67. The van der Waals surface area contributed by atoms with Crippen LogP contribution in [0.3, 0.4) is 0 Å². The molecule has 4 aliphatic rings. The number of alkyl halides is 3. The minimum absolute atomic E-state index is 0.000370. The van der Waals surface area contributed by atoms with E-state index in [4.69, 9.17) is 16.3 Å². The Morgan fingerprint density at radius 1 is 1.00 bits per heavy atom. The van der Waals surface area contributed by atoms with Gasteiger partial charge in [0.1, 0.15) is 0 Å². The van der Waals surface area contributed by atoms with Crippen molar-refractivity contribution in [3.8, 4) is 5.69 Å². The van der Waals surface area contributed by atoms with E-state index in [0.29, 0.717) is 22.4 Å². The molecular weight excluding hydrogens is 509 g/mol. The van der Waals surface area contributed by atoms with Crippen LogP contribution in [0, 0.1) is 12.3 Å². The van der Waals surface area contributed by atoms with Gasteiger partial charge in [-0.3, -0.25) is 9.47 Å². The highest BCUT2D eigenvalue weighted by atomic mass is 35.5. The lowest BCUT2D eigenvalue weighted by Crippen LogP contribution is -2.73. The molecule has 0 bridgehead atoms. The Bertz CT molecular complexity index is 1380. The maximum absolute atomic E-state index is 14.2. The van der Waals surface area contributed by atoms with Crippen LogP contribution < -0.4 is 9.80 Å². The van der Waals surface area contributed by atoms with E-state index in [2.05, 4.69) is 30.0 Å². The second-order valence-corrected chi connectivity index (χ2v) is 11.0. The summed E-state index contributed by atoms with van der Waals surface area (Å²) in [5, 5.41) is 9.28. The van der Waals surface area contributed by atoms with Crippen molar-refractivity contribution in [1.29, 1.82) is 0 Å². The molecule has 7 rings (SSSR count). The molecule has 6 heterocycles. The third-order valence-electron chi connectivity index (χ3n) is 7.96. The standard InChI is InChI=1S/C24H24ClF3N8O/c1-15-4-5-29-20(30-15)33-9-22(10-33)11-34(12-22)21-32-31-19-8-35(23(13-37-14-23)24(26,27)28)7-16-6-17(25)2-3-18(16)36(19)21/h2-6H,7-14H2,1H3. The third kappa shape index (κ3) is 3.45. The maximum Gasteiger partial charge on any atom is 0.411 e. The Hall–Kier alpha value is -2.96. The van der Waals surface area contributed by atoms with Gasteiger partial charge >= 0.3 is 6.18 Å². The molecule has 9 nitrogen and oxygen atoms in total. The minimum Gasteiger partial charge on any atom is -0.377 e. The first-order chi connectivity index (χ1) is 17.7. The zero-order valence-corrected chi connectivity index (χ0v) is 20.8. The Morgan fingerprint density at radius 2 is 1.76 bits per heavy atom. The number of ether oxygens (including phenoxy) is 1. The van der Waals surface area contributed by atoms with Gasteiger partial charge in [0.2, 0.25) is 11.9 Å². The lowest BCUT2D eigenvalue weighted by Gasteiger charge is -2.60. The molecule has 3 aromatic rings. The van der Waals surface area contributed by atoms with Crippen molar-refractivity contribution in [3.63, 3.8) is 0 Å². The summed E-state index contributed by atoms with van der Waals surface area (Å²) in [6, 6.07) is 7.20. The summed E-state index contributed by atoms with van der Waals surface area (Å²) in [5.41, 5.74) is 0.444. The number of fused-ring (bicyclic) bond motifs is 3. The van der Waals surface area contributed by atoms with Crippen LogP contribution in [0.25, 0.3) is 5.69 Å². The van der Waals surface area contributed by atoms with Gasteiger partial charge in [0, 0.05) is 55.1 Å². The highest BCUT2D eigenvalue weighted by Crippen LogP contribution is 2.46. The summed E-state index contributed by atoms with van der Waals surface area (Å²) in [5.74, 6) is 1.85. The van der Waals surface area contributed by atoms with E-state index in [1.807, 2.05) is 23.6 Å². The van der Waals surface area contributed by atoms with Crippen molar-refractivity contribution >= 4 is 23.5 Å². The highest BCUT2D eigenvalue weighted by molar-refractivity contribution is 6.30. The fourth-order valence-electron chi connectivity index (χ4n) is 5.91. The molecule has 3 fully saturated rings. The summed E-state index contributed by atoms with van der Waals surface area (Å²) < 4.78 is 49.5. The smallest absolute Gasteiger partial charge is 0.377 e. The van der Waals surface area contributed by atoms with Gasteiger partial charge in [-0.15, -0.1) is 10.2 Å². The second-order valence-electron chi connectivity index (χ2n) is 10.6. The van der Waals surface area contributed by atoms with E-state index in [1.54, 1.807) is 18.3 Å². The number of halogens is 4. The number of aromatic nitrogens is 5. The lowest BCUT2D eigenvalue weighted by atomic mass is 9.73. The Kier molecular flexibility index (Phi) is 4.87. The maximum atomic E-state index is 14.2. The molecule has 0 N–H and O–H groups in total. The molecule has 1 spiro atoms. The monoisotopic (exact) mass is 532 g/mol. The van der Waals surface area contributed by atoms with Crippen molar-refractivity contribution in [2.45, 2.75) is 31.7 Å². The van der Waals surface area contributed by atoms with Crippen LogP contribution in [0.4, 0.5) is 25.1 Å². The number of benzene rings is 1. The van der Waals surface area contributed by atoms with Gasteiger partial charge < -0.3 is 14.5 Å². The van der Waals surface area contributed by atoms with Crippen molar-refractivity contribution < 1.29 is 17.9 Å². The molecule has 4 aliphatic heterocycles. The molecule has 0 aliphatic carbocycles. The SMILES string of the molecule is Cc1ccnc(N2CC3(C2)CN(c2nnc4n2-c2ccc(Cl)cc2CN(C2(C(F)(F)F)COC2)C4)C3)n1. The van der Waals surface area contributed by atoms with Crippen LogP contribution in [-0.2, 0) is 17.8 Å². The number of aryl methyl sites for hydroxylation is 1. The van der Waals surface area contributed by atoms with E-state index >= 15 is 0 Å². The van der Waals surface area contributed by atoms with Crippen molar-refractivity contribution in [2.24, 2.45) is 5.41 Å². The number of rotatable bonds is 3. The zero-order valence-electron chi connectivity index (χ0n) is 20.0. The molecule has 2 aromatic heterocycles. The quantitative estimate of drug-likeness (QED) is 0.510. The first-order valence-corrected chi connectivity index (χ1v) is 12.5. The van der Waals surface area contributed by atoms with Gasteiger partial charge in [0.25, 0.3) is 0 Å². The first kappa shape index (κ1) is 23.2. The minimum atomic E-state index is -4.44. The van der Waals surface area contributed by atoms with Gasteiger partial charge in [-0.25, -0.2) is 9.97 Å². The number of nitrogens with zero attached hydrogens (tertiary/aromatic N) is 8. The molecule has 13 heteroatoms. The van der Waals surface area contributed by atoms with Gasteiger partial charge in [0.15, 0.2) is 11.4 Å². The molecule has 37 heavy (non-hydrogen) atoms. The van der Waals surface area contributed by atoms with Crippen LogP contribution in [0.5, 0.6) is 0 Å². The molecule has 0 atom stereocenters. The molecule has 0 radical (unpaired) electrons. The van der Waals surface area contributed by atoms with E-state index in [0.717, 1.165) is 43.5 Å². The summed E-state index contributed by atoms with van der Waals surface area (Å²) >= 11 is 6.28.